The molecule has 0 amide bonds. The molecule has 28 heavy (non-hydrogen) atoms. The zero-order valence-electron chi connectivity index (χ0n) is 15.0. The third kappa shape index (κ3) is 2.42. The van der Waals surface area contributed by atoms with Gasteiger partial charge in [-0.25, -0.2) is 0 Å². The van der Waals surface area contributed by atoms with Crippen molar-refractivity contribution in [3.63, 3.8) is 0 Å². The van der Waals surface area contributed by atoms with Gasteiger partial charge in [-0.15, -0.1) is 0 Å². The van der Waals surface area contributed by atoms with E-state index in [0.29, 0.717) is 24.2 Å². The topological polar surface area (TPSA) is 87.7 Å². The minimum atomic E-state index is -3.82. The van der Waals surface area contributed by atoms with Crippen molar-refractivity contribution in [3.05, 3.63) is 77.2 Å². The average Bonchev–Trinajstić information content (AvgIpc) is 3.19. The Labute approximate surface area is 162 Å². The Morgan fingerprint density at radius 1 is 0.929 bits per heavy atom. The van der Waals surface area contributed by atoms with E-state index in [0.717, 1.165) is 12.8 Å². The quantitative estimate of drug-likeness (QED) is 0.785. The predicted molar refractivity (Wildman–Crippen MR) is 102 cm³/mol. The van der Waals surface area contributed by atoms with Crippen molar-refractivity contribution in [2.75, 3.05) is 0 Å². The van der Waals surface area contributed by atoms with E-state index in [1.54, 1.807) is 48.5 Å². The first kappa shape index (κ1) is 17.4. The third-order valence-corrected chi connectivity index (χ3v) is 8.05. The molecule has 0 radical (unpaired) electrons. The molecular formula is C21H18NO5P. The lowest BCUT2D eigenvalue weighted by atomic mass is 9.91. The van der Waals surface area contributed by atoms with Gasteiger partial charge >= 0.3 is 7.94 Å². The second kappa shape index (κ2) is 6.16. The zero-order valence-corrected chi connectivity index (χ0v) is 15.9. The van der Waals surface area contributed by atoms with Crippen molar-refractivity contribution in [1.82, 2.24) is 5.32 Å². The fraction of sp³-hybridized carbons (Fsp3) is 0.238. The fourth-order valence-corrected chi connectivity index (χ4v) is 6.46. The van der Waals surface area contributed by atoms with Crippen LogP contribution in [0.3, 0.4) is 0 Å². The van der Waals surface area contributed by atoms with Crippen molar-refractivity contribution in [2.24, 2.45) is 0 Å². The number of allylic oxidation sites excluding steroid dienone is 2. The molecule has 0 saturated heterocycles. The number of hydrogen-bond acceptors (Lipinski definition) is 6. The molecule has 142 valence electrons. The largest absolute Gasteiger partial charge is 0.615 e. The predicted octanol–water partition coefficient (Wildman–Crippen LogP) is 3.37. The summed E-state index contributed by atoms with van der Waals surface area (Å²) < 4.78 is 11.7. The molecule has 3 aliphatic rings. The highest BCUT2D eigenvalue weighted by atomic mass is 31.2. The molecule has 0 aromatic heterocycles. The summed E-state index contributed by atoms with van der Waals surface area (Å²) in [6.07, 6.45) is 2.74. The van der Waals surface area contributed by atoms with Gasteiger partial charge in [0.15, 0.2) is 5.75 Å². The Balaban J connectivity index is 1.62. The van der Waals surface area contributed by atoms with Gasteiger partial charge in [-0.1, -0.05) is 42.5 Å². The van der Waals surface area contributed by atoms with Crippen LogP contribution >= 0.6 is 7.94 Å². The van der Waals surface area contributed by atoms with E-state index in [1.807, 2.05) is 6.07 Å². The molecule has 1 atom stereocenters. The van der Waals surface area contributed by atoms with E-state index in [1.165, 1.54) is 0 Å². The number of nitrogens with one attached hydrogen (secondary N) is 1. The number of rotatable bonds is 2. The SMILES string of the molecule is O=C1C2=C(O[P+]([O-])(Oc3ccccc3)C3(CCCC3)N2)C(=O)c2ccccc21. The number of carbonyl (C=O) groups is 2. The maximum Gasteiger partial charge on any atom is 0.358 e. The number of fused-ring (bicyclic) bond motifs is 1. The standard InChI is InChI=1S/C21H18NO5P/c23-18-15-10-4-5-11-16(15)19(24)20-17(18)22-21(12-6-7-13-21)28(25,27-20)26-14-8-2-1-3-9-14/h1-5,8-11,22H,6-7,12-13H2. The Kier molecular flexibility index (Phi) is 3.83. The van der Waals surface area contributed by atoms with Crippen molar-refractivity contribution in [2.45, 2.75) is 31.0 Å². The molecular weight excluding hydrogens is 377 g/mol. The van der Waals surface area contributed by atoms with E-state index >= 15 is 0 Å². The van der Waals surface area contributed by atoms with E-state index in [-0.39, 0.29) is 22.8 Å². The number of para-hydroxylation sites is 1. The van der Waals surface area contributed by atoms with Crippen LogP contribution in [0.25, 0.3) is 0 Å². The second-order valence-electron chi connectivity index (χ2n) is 7.26. The molecule has 5 rings (SSSR count). The Morgan fingerprint density at radius 3 is 2.21 bits per heavy atom. The smallest absolute Gasteiger partial charge is 0.358 e. The van der Waals surface area contributed by atoms with Crippen LogP contribution in [0.2, 0.25) is 0 Å². The first-order valence-corrected chi connectivity index (χ1v) is 10.8. The molecule has 2 aromatic rings. The Hall–Kier alpha value is -2.69. The van der Waals surface area contributed by atoms with Crippen LogP contribution in [0, 0.1) is 0 Å². The monoisotopic (exact) mass is 395 g/mol. The summed E-state index contributed by atoms with van der Waals surface area (Å²) in [5, 5.41) is 2.15. The summed E-state index contributed by atoms with van der Waals surface area (Å²) in [5.41, 5.74) is 0.673. The maximum atomic E-state index is 14.0. The van der Waals surface area contributed by atoms with Crippen molar-refractivity contribution < 1.29 is 23.5 Å². The van der Waals surface area contributed by atoms with Gasteiger partial charge in [-0.05, 0) is 25.0 Å². The summed E-state index contributed by atoms with van der Waals surface area (Å²) in [7, 11) is -3.82. The van der Waals surface area contributed by atoms with Crippen LogP contribution in [-0.4, -0.2) is 16.8 Å². The van der Waals surface area contributed by atoms with Crippen molar-refractivity contribution in [3.8, 4) is 5.75 Å². The number of Topliss-reactive ketones (excluding diaryl/α,β-unsaturated/α-hetero) is 2. The summed E-state index contributed by atoms with van der Waals surface area (Å²) in [6, 6.07) is 15.4. The van der Waals surface area contributed by atoms with Gasteiger partial charge < -0.3 is 19.3 Å². The minimum Gasteiger partial charge on any atom is -0.615 e. The molecule has 1 fully saturated rings. The zero-order chi connectivity index (χ0) is 19.4. The molecule has 6 nitrogen and oxygen atoms in total. The average molecular weight is 395 g/mol. The number of ketones is 2. The highest BCUT2D eigenvalue weighted by Crippen LogP contribution is 2.70. The molecule has 2 aliphatic carbocycles. The van der Waals surface area contributed by atoms with Gasteiger partial charge in [0, 0.05) is 24.0 Å². The van der Waals surface area contributed by atoms with Gasteiger partial charge in [-0.2, -0.15) is 0 Å². The van der Waals surface area contributed by atoms with Crippen LogP contribution in [0.1, 0.15) is 46.4 Å². The first-order valence-electron chi connectivity index (χ1n) is 9.28. The molecule has 1 aliphatic heterocycles. The second-order valence-corrected chi connectivity index (χ2v) is 9.48. The Morgan fingerprint density at radius 2 is 1.54 bits per heavy atom. The molecule has 1 saturated carbocycles. The minimum absolute atomic E-state index is 0.0914. The van der Waals surface area contributed by atoms with Crippen LogP contribution in [0.5, 0.6) is 5.75 Å². The molecule has 1 N–H and O–H groups in total. The molecule has 7 heteroatoms. The maximum absolute atomic E-state index is 14.0. The van der Waals surface area contributed by atoms with Gasteiger partial charge in [0.25, 0.3) is 5.76 Å². The van der Waals surface area contributed by atoms with Gasteiger partial charge in [-0.3, -0.25) is 9.59 Å². The van der Waals surface area contributed by atoms with Gasteiger partial charge in [0.05, 0.1) is 0 Å². The van der Waals surface area contributed by atoms with Crippen LogP contribution in [-0.2, 0) is 4.52 Å². The highest BCUT2D eigenvalue weighted by molar-refractivity contribution is 7.61. The molecule has 1 heterocycles. The molecule has 0 bridgehead atoms. The van der Waals surface area contributed by atoms with Crippen molar-refractivity contribution in [1.29, 1.82) is 0 Å². The van der Waals surface area contributed by atoms with Gasteiger partial charge in [0.1, 0.15) is 5.70 Å². The number of carbonyl (C=O) groups excluding carboxylic acids is 2. The summed E-state index contributed by atoms with van der Waals surface area (Å²) in [5.74, 6) is -0.580. The van der Waals surface area contributed by atoms with E-state index in [4.69, 9.17) is 9.05 Å². The van der Waals surface area contributed by atoms with Crippen LogP contribution in [0.15, 0.2) is 66.1 Å². The lowest BCUT2D eigenvalue weighted by Crippen LogP contribution is -2.55. The molecule has 2 aromatic carbocycles. The van der Waals surface area contributed by atoms with Gasteiger partial charge in [0.2, 0.25) is 16.8 Å². The van der Waals surface area contributed by atoms with Crippen molar-refractivity contribution >= 4 is 19.5 Å². The fourth-order valence-electron chi connectivity index (χ4n) is 4.15. The number of hydrogen-bond donors (Lipinski definition) is 1. The lowest BCUT2D eigenvalue weighted by molar-refractivity contribution is -0.216. The lowest BCUT2D eigenvalue weighted by Gasteiger charge is -2.46. The summed E-state index contributed by atoms with van der Waals surface area (Å²) in [6.45, 7) is 0. The highest BCUT2D eigenvalue weighted by Gasteiger charge is 2.64. The first-order chi connectivity index (χ1) is 13.5. The van der Waals surface area contributed by atoms with E-state index < -0.39 is 19.0 Å². The van der Waals surface area contributed by atoms with Crippen LogP contribution in [0.4, 0.5) is 0 Å². The Bertz CT molecular complexity index is 1010. The normalized spacial score (nSPS) is 25.0. The van der Waals surface area contributed by atoms with E-state index in [2.05, 4.69) is 5.32 Å². The molecule has 1 unspecified atom stereocenters. The summed E-state index contributed by atoms with van der Waals surface area (Å²) >= 11 is 0. The third-order valence-electron chi connectivity index (χ3n) is 5.57. The molecule has 1 spiro atoms. The van der Waals surface area contributed by atoms with Crippen LogP contribution < -0.4 is 14.7 Å². The number of benzene rings is 2. The van der Waals surface area contributed by atoms with E-state index in [9.17, 15) is 14.5 Å². The summed E-state index contributed by atoms with van der Waals surface area (Å²) in [4.78, 5) is 40.0.